The lowest BCUT2D eigenvalue weighted by molar-refractivity contribution is -0.147. The molecule has 0 saturated heterocycles. The first kappa shape index (κ1) is 15.1. The van der Waals surface area contributed by atoms with Crippen molar-refractivity contribution in [3.8, 4) is 0 Å². The molecule has 4 nitrogen and oxygen atoms in total. The third-order valence-electron chi connectivity index (χ3n) is 3.15. The van der Waals surface area contributed by atoms with Crippen LogP contribution in [0.25, 0.3) is 0 Å². The van der Waals surface area contributed by atoms with Crippen molar-refractivity contribution in [1.82, 2.24) is 4.90 Å². The molecule has 1 N–H and O–H groups in total. The van der Waals surface area contributed by atoms with Crippen molar-refractivity contribution in [2.75, 3.05) is 7.05 Å². The van der Waals surface area contributed by atoms with Crippen molar-refractivity contribution in [3.63, 3.8) is 0 Å². The van der Waals surface area contributed by atoms with Crippen LogP contribution in [0.3, 0.4) is 0 Å². The van der Waals surface area contributed by atoms with Crippen LogP contribution >= 0.6 is 0 Å². The SMILES string of the molecule is Cc1cc(C(=O)N(C)C(C)(C)C(=O)O)c(F)cc1F. The number of halogens is 2. The van der Waals surface area contributed by atoms with Crippen LogP contribution in [0.2, 0.25) is 0 Å². The molecule has 0 saturated carbocycles. The summed E-state index contributed by atoms with van der Waals surface area (Å²) >= 11 is 0. The lowest BCUT2D eigenvalue weighted by Crippen LogP contribution is -2.51. The second-order valence-corrected chi connectivity index (χ2v) is 4.81. The number of carboxylic acids is 1. The number of likely N-dealkylation sites (N-methyl/N-ethyl adjacent to an activating group) is 1. The minimum Gasteiger partial charge on any atom is -0.480 e. The van der Waals surface area contributed by atoms with Gasteiger partial charge in [-0.3, -0.25) is 4.79 Å². The highest BCUT2D eigenvalue weighted by Crippen LogP contribution is 2.20. The molecule has 0 aromatic heterocycles. The summed E-state index contributed by atoms with van der Waals surface area (Å²) in [6.45, 7) is 4.04. The molecule has 6 heteroatoms. The van der Waals surface area contributed by atoms with Gasteiger partial charge in [0.15, 0.2) is 0 Å². The van der Waals surface area contributed by atoms with Crippen molar-refractivity contribution in [2.45, 2.75) is 26.3 Å². The second kappa shape index (κ2) is 4.95. The van der Waals surface area contributed by atoms with Gasteiger partial charge < -0.3 is 10.0 Å². The van der Waals surface area contributed by atoms with Crippen molar-refractivity contribution in [2.24, 2.45) is 0 Å². The first-order valence-electron chi connectivity index (χ1n) is 5.56. The topological polar surface area (TPSA) is 57.6 Å². The summed E-state index contributed by atoms with van der Waals surface area (Å²) in [5.74, 6) is -3.80. The van der Waals surface area contributed by atoms with Crippen LogP contribution in [0.15, 0.2) is 12.1 Å². The Labute approximate surface area is 109 Å². The number of carbonyl (C=O) groups is 2. The second-order valence-electron chi connectivity index (χ2n) is 4.81. The number of aryl methyl sites for hydroxylation is 1. The number of hydrogen-bond donors (Lipinski definition) is 1. The molecule has 0 aliphatic rings. The highest BCUT2D eigenvalue weighted by molar-refractivity contribution is 5.97. The predicted molar refractivity (Wildman–Crippen MR) is 64.9 cm³/mol. The minimum absolute atomic E-state index is 0.117. The summed E-state index contributed by atoms with van der Waals surface area (Å²) in [5, 5.41) is 9.03. The molecule has 0 radical (unpaired) electrons. The van der Waals surface area contributed by atoms with Gasteiger partial charge in [0, 0.05) is 13.1 Å². The molecule has 0 bridgehead atoms. The van der Waals surface area contributed by atoms with E-state index in [1.54, 1.807) is 0 Å². The third kappa shape index (κ3) is 2.72. The molecule has 0 aliphatic carbocycles. The van der Waals surface area contributed by atoms with Crippen LogP contribution in [0.5, 0.6) is 0 Å². The molecule has 0 spiro atoms. The average Bonchev–Trinajstić information content (AvgIpc) is 2.31. The molecule has 1 rings (SSSR count). The smallest absolute Gasteiger partial charge is 0.329 e. The van der Waals surface area contributed by atoms with E-state index in [1.807, 2.05) is 0 Å². The Balaban J connectivity index is 3.21. The van der Waals surface area contributed by atoms with Gasteiger partial charge in [-0.2, -0.15) is 0 Å². The monoisotopic (exact) mass is 271 g/mol. The number of carbonyl (C=O) groups excluding carboxylic acids is 1. The molecule has 19 heavy (non-hydrogen) atoms. The zero-order valence-electron chi connectivity index (χ0n) is 11.1. The Kier molecular flexibility index (Phi) is 3.93. The van der Waals surface area contributed by atoms with Gasteiger partial charge in [-0.15, -0.1) is 0 Å². The Morgan fingerprint density at radius 3 is 2.21 bits per heavy atom. The van der Waals surface area contributed by atoms with Gasteiger partial charge in [0.2, 0.25) is 0 Å². The summed E-state index contributed by atoms with van der Waals surface area (Å²) in [7, 11) is 1.26. The molecule has 104 valence electrons. The molecule has 0 atom stereocenters. The number of amides is 1. The fourth-order valence-corrected chi connectivity index (χ4v) is 1.40. The lowest BCUT2D eigenvalue weighted by Gasteiger charge is -2.31. The normalized spacial score (nSPS) is 11.3. The Morgan fingerprint density at radius 1 is 1.21 bits per heavy atom. The van der Waals surface area contributed by atoms with Crippen LogP contribution in [0, 0.1) is 18.6 Å². The molecular weight excluding hydrogens is 256 g/mol. The van der Waals surface area contributed by atoms with Crippen LogP contribution < -0.4 is 0 Å². The van der Waals surface area contributed by atoms with E-state index in [9.17, 15) is 18.4 Å². The van der Waals surface area contributed by atoms with Gasteiger partial charge in [-0.05, 0) is 32.4 Å². The van der Waals surface area contributed by atoms with Crippen molar-refractivity contribution < 1.29 is 23.5 Å². The number of hydrogen-bond acceptors (Lipinski definition) is 2. The number of benzene rings is 1. The predicted octanol–water partition coefficient (Wildman–Crippen LogP) is 2.21. The van der Waals surface area contributed by atoms with Gasteiger partial charge >= 0.3 is 5.97 Å². The Morgan fingerprint density at radius 2 is 1.74 bits per heavy atom. The van der Waals surface area contributed by atoms with Crippen LogP contribution in [0.1, 0.15) is 29.8 Å². The lowest BCUT2D eigenvalue weighted by atomic mass is 10.0. The molecule has 0 fully saturated rings. The highest BCUT2D eigenvalue weighted by atomic mass is 19.1. The van der Waals surface area contributed by atoms with Gasteiger partial charge in [0.05, 0.1) is 5.56 Å². The highest BCUT2D eigenvalue weighted by Gasteiger charge is 2.36. The van der Waals surface area contributed by atoms with E-state index in [1.165, 1.54) is 27.8 Å². The van der Waals surface area contributed by atoms with E-state index in [2.05, 4.69) is 0 Å². The number of nitrogens with zero attached hydrogens (tertiary/aromatic N) is 1. The Hall–Kier alpha value is -1.98. The maximum absolute atomic E-state index is 13.6. The van der Waals surface area contributed by atoms with Gasteiger partial charge in [-0.1, -0.05) is 0 Å². The van der Waals surface area contributed by atoms with E-state index in [0.717, 1.165) is 11.0 Å². The molecule has 0 aliphatic heterocycles. The maximum Gasteiger partial charge on any atom is 0.329 e. The minimum atomic E-state index is -1.49. The first-order valence-corrected chi connectivity index (χ1v) is 5.56. The molecule has 1 aromatic carbocycles. The summed E-state index contributed by atoms with van der Waals surface area (Å²) in [4.78, 5) is 24.0. The summed E-state index contributed by atoms with van der Waals surface area (Å²) in [6.07, 6.45) is 0. The van der Waals surface area contributed by atoms with E-state index in [-0.39, 0.29) is 11.1 Å². The van der Waals surface area contributed by atoms with Crippen molar-refractivity contribution in [1.29, 1.82) is 0 Å². The molecule has 1 aromatic rings. The number of carboxylic acid groups (broad SMARTS) is 1. The average molecular weight is 271 g/mol. The molecular formula is C13H15F2NO3. The van der Waals surface area contributed by atoms with E-state index in [4.69, 9.17) is 5.11 Å². The maximum atomic E-state index is 13.6. The van der Waals surface area contributed by atoms with Crippen molar-refractivity contribution >= 4 is 11.9 Å². The standard InChI is InChI=1S/C13H15F2NO3/c1-7-5-8(10(15)6-9(7)14)11(17)16(4)13(2,3)12(18)19/h5-6H,1-4H3,(H,18,19). The van der Waals surface area contributed by atoms with Crippen LogP contribution in [0.4, 0.5) is 8.78 Å². The Bertz CT molecular complexity index is 541. The largest absolute Gasteiger partial charge is 0.480 e. The van der Waals surface area contributed by atoms with Crippen molar-refractivity contribution in [3.05, 3.63) is 34.9 Å². The summed E-state index contributed by atoms with van der Waals surface area (Å²) in [5.41, 5.74) is -1.73. The van der Waals surface area contributed by atoms with Crippen LogP contribution in [-0.2, 0) is 4.79 Å². The summed E-state index contributed by atoms with van der Waals surface area (Å²) < 4.78 is 26.7. The zero-order valence-corrected chi connectivity index (χ0v) is 11.1. The fourth-order valence-electron chi connectivity index (χ4n) is 1.40. The fraction of sp³-hybridized carbons (Fsp3) is 0.385. The van der Waals surface area contributed by atoms with Gasteiger partial charge in [0.1, 0.15) is 17.2 Å². The first-order chi connectivity index (χ1) is 8.59. The van der Waals surface area contributed by atoms with E-state index < -0.39 is 29.0 Å². The molecule has 0 heterocycles. The third-order valence-corrected chi connectivity index (χ3v) is 3.15. The van der Waals surface area contributed by atoms with Gasteiger partial charge in [0.25, 0.3) is 5.91 Å². The zero-order chi connectivity index (χ0) is 15.0. The number of rotatable bonds is 3. The number of aliphatic carboxylic acids is 1. The summed E-state index contributed by atoms with van der Waals surface area (Å²) in [6, 6.07) is 1.69. The molecule has 0 unspecified atom stereocenters. The van der Waals surface area contributed by atoms with Crippen LogP contribution in [-0.4, -0.2) is 34.5 Å². The molecule has 1 amide bonds. The van der Waals surface area contributed by atoms with E-state index in [0.29, 0.717) is 6.07 Å². The van der Waals surface area contributed by atoms with Gasteiger partial charge in [-0.25, -0.2) is 13.6 Å². The van der Waals surface area contributed by atoms with E-state index >= 15 is 0 Å². The quantitative estimate of drug-likeness (QED) is 0.917.